The molecular weight excluding hydrogens is 266 g/mol. The van der Waals surface area contributed by atoms with Crippen LogP contribution in [-0.4, -0.2) is 21.8 Å². The van der Waals surface area contributed by atoms with Crippen LogP contribution >= 0.6 is 27.7 Å². The van der Waals surface area contributed by atoms with Gasteiger partial charge in [-0.25, -0.2) is 0 Å². The second kappa shape index (κ2) is 4.68. The van der Waals surface area contributed by atoms with Gasteiger partial charge in [0.2, 0.25) is 0 Å². The Kier molecular flexibility index (Phi) is 3.52. The van der Waals surface area contributed by atoms with E-state index in [1.54, 1.807) is 0 Å². The summed E-state index contributed by atoms with van der Waals surface area (Å²) in [6, 6.07) is 0. The second-order valence-electron chi connectivity index (χ2n) is 3.36. The molecule has 2 heterocycles. The fraction of sp³-hybridized carbons (Fsp3) is 0.667. The van der Waals surface area contributed by atoms with E-state index in [0.29, 0.717) is 10.5 Å². The van der Waals surface area contributed by atoms with Gasteiger partial charge in [-0.05, 0) is 40.3 Å². The number of hydrogen-bond acceptors (Lipinski definition) is 4. The van der Waals surface area contributed by atoms with E-state index in [4.69, 9.17) is 4.52 Å². The molecular formula is C9H12BrNO2S. The molecule has 1 aromatic rings. The molecule has 5 heteroatoms. The summed E-state index contributed by atoms with van der Waals surface area (Å²) in [5, 5.41) is 13.0. The molecule has 1 aliphatic heterocycles. The molecule has 0 radical (unpaired) electrons. The number of hydrogen-bond donors (Lipinski definition) is 1. The van der Waals surface area contributed by atoms with Crippen LogP contribution in [0.2, 0.25) is 0 Å². The van der Waals surface area contributed by atoms with Crippen molar-refractivity contribution < 1.29 is 9.63 Å². The van der Waals surface area contributed by atoms with Crippen LogP contribution in [0.5, 0.6) is 0 Å². The molecule has 0 aliphatic carbocycles. The van der Waals surface area contributed by atoms with Gasteiger partial charge in [-0.2, -0.15) is 11.8 Å². The fourth-order valence-electron chi connectivity index (χ4n) is 1.72. The van der Waals surface area contributed by atoms with E-state index in [-0.39, 0.29) is 6.61 Å². The quantitative estimate of drug-likeness (QED) is 0.903. The summed E-state index contributed by atoms with van der Waals surface area (Å²) in [5.41, 5.74) is 0.821. The molecule has 0 saturated carbocycles. The summed E-state index contributed by atoms with van der Waals surface area (Å²) >= 11 is 5.25. The lowest BCUT2D eigenvalue weighted by atomic mass is 9.97. The van der Waals surface area contributed by atoms with Gasteiger partial charge in [0.05, 0.1) is 12.2 Å². The molecule has 1 fully saturated rings. The first-order valence-electron chi connectivity index (χ1n) is 4.65. The largest absolute Gasteiger partial charge is 0.391 e. The Morgan fingerprint density at radius 2 is 2.21 bits per heavy atom. The number of rotatable bonds is 2. The van der Waals surface area contributed by atoms with E-state index in [0.717, 1.165) is 24.2 Å². The van der Waals surface area contributed by atoms with E-state index in [1.165, 1.54) is 11.5 Å². The smallest absolute Gasteiger partial charge is 0.155 e. The van der Waals surface area contributed by atoms with Gasteiger partial charge >= 0.3 is 0 Å². The first-order valence-corrected chi connectivity index (χ1v) is 6.60. The van der Waals surface area contributed by atoms with E-state index < -0.39 is 0 Å². The first-order chi connectivity index (χ1) is 6.83. The van der Waals surface area contributed by atoms with Crippen LogP contribution in [0, 0.1) is 0 Å². The summed E-state index contributed by atoms with van der Waals surface area (Å²) < 4.78 is 5.91. The van der Waals surface area contributed by atoms with Crippen LogP contribution in [-0.2, 0) is 6.61 Å². The van der Waals surface area contributed by atoms with Crippen molar-refractivity contribution in [3.63, 3.8) is 0 Å². The maximum Gasteiger partial charge on any atom is 0.155 e. The van der Waals surface area contributed by atoms with Crippen molar-refractivity contribution in [1.29, 1.82) is 0 Å². The van der Waals surface area contributed by atoms with E-state index in [1.807, 2.05) is 11.8 Å². The molecule has 0 bridgehead atoms. The van der Waals surface area contributed by atoms with Crippen LogP contribution in [0.1, 0.15) is 30.1 Å². The summed E-state index contributed by atoms with van der Waals surface area (Å²) in [4.78, 5) is 0. The van der Waals surface area contributed by atoms with Crippen LogP contribution in [0.15, 0.2) is 9.13 Å². The number of thioether (sulfide) groups is 1. The Bertz CT molecular complexity index is 310. The standard InChI is InChI=1S/C9H12BrNO2S/c10-9-7(5-12)8(13-11-9)6-1-3-14-4-2-6/h6,12H,1-5H2. The highest BCUT2D eigenvalue weighted by Gasteiger charge is 2.24. The van der Waals surface area contributed by atoms with Gasteiger partial charge in [0.25, 0.3) is 0 Å². The van der Waals surface area contributed by atoms with Gasteiger partial charge in [0, 0.05) is 5.92 Å². The maximum absolute atomic E-state index is 9.18. The van der Waals surface area contributed by atoms with E-state index in [2.05, 4.69) is 21.1 Å². The van der Waals surface area contributed by atoms with Gasteiger partial charge < -0.3 is 9.63 Å². The molecule has 1 aliphatic rings. The predicted molar refractivity (Wildman–Crippen MR) is 59.4 cm³/mol. The van der Waals surface area contributed by atoms with E-state index in [9.17, 15) is 5.11 Å². The molecule has 1 N–H and O–H groups in total. The zero-order chi connectivity index (χ0) is 9.97. The van der Waals surface area contributed by atoms with E-state index >= 15 is 0 Å². The zero-order valence-electron chi connectivity index (χ0n) is 7.70. The summed E-state index contributed by atoms with van der Waals surface area (Å²) in [6.07, 6.45) is 2.25. The van der Waals surface area contributed by atoms with Gasteiger partial charge in [-0.1, -0.05) is 5.16 Å². The minimum Gasteiger partial charge on any atom is -0.391 e. The summed E-state index contributed by atoms with van der Waals surface area (Å²) in [5.74, 6) is 3.67. The molecule has 1 aromatic heterocycles. The van der Waals surface area contributed by atoms with Crippen LogP contribution < -0.4 is 0 Å². The zero-order valence-corrected chi connectivity index (χ0v) is 10.1. The normalized spacial score (nSPS) is 18.7. The molecule has 1 saturated heterocycles. The molecule has 2 rings (SSSR count). The molecule has 0 amide bonds. The van der Waals surface area contributed by atoms with Crippen molar-refractivity contribution in [3.8, 4) is 0 Å². The number of halogens is 1. The summed E-state index contributed by atoms with van der Waals surface area (Å²) in [7, 11) is 0. The molecule has 14 heavy (non-hydrogen) atoms. The molecule has 0 unspecified atom stereocenters. The predicted octanol–water partition coefficient (Wildman–Crippen LogP) is 2.54. The molecule has 0 spiro atoms. The Balaban J connectivity index is 2.21. The topological polar surface area (TPSA) is 46.3 Å². The number of aliphatic hydroxyl groups is 1. The van der Waals surface area contributed by atoms with Crippen LogP contribution in [0.25, 0.3) is 0 Å². The van der Waals surface area contributed by atoms with Crippen molar-refractivity contribution >= 4 is 27.7 Å². The monoisotopic (exact) mass is 277 g/mol. The van der Waals surface area contributed by atoms with Crippen LogP contribution in [0.4, 0.5) is 0 Å². The highest BCUT2D eigenvalue weighted by molar-refractivity contribution is 9.10. The minimum absolute atomic E-state index is 0.00304. The lowest BCUT2D eigenvalue weighted by molar-refractivity contribution is 0.273. The van der Waals surface area contributed by atoms with Crippen molar-refractivity contribution in [2.24, 2.45) is 0 Å². The van der Waals surface area contributed by atoms with Crippen LogP contribution in [0.3, 0.4) is 0 Å². The average Bonchev–Trinajstić information content (AvgIpc) is 2.61. The molecule has 78 valence electrons. The van der Waals surface area contributed by atoms with Gasteiger partial charge in [-0.15, -0.1) is 0 Å². The highest BCUT2D eigenvalue weighted by atomic mass is 79.9. The van der Waals surface area contributed by atoms with Crippen molar-refractivity contribution in [1.82, 2.24) is 5.16 Å². The third kappa shape index (κ3) is 1.99. The maximum atomic E-state index is 9.18. The van der Waals surface area contributed by atoms with Gasteiger partial charge in [-0.3, -0.25) is 0 Å². The molecule has 3 nitrogen and oxygen atoms in total. The Hall–Kier alpha value is -0.000000000000000111. The molecule has 0 aromatic carbocycles. The van der Waals surface area contributed by atoms with Gasteiger partial charge in [0.15, 0.2) is 4.60 Å². The fourth-order valence-corrected chi connectivity index (χ4v) is 3.22. The van der Waals surface area contributed by atoms with Crippen molar-refractivity contribution in [2.45, 2.75) is 25.4 Å². The lowest BCUT2D eigenvalue weighted by Gasteiger charge is -2.19. The Morgan fingerprint density at radius 3 is 2.86 bits per heavy atom. The van der Waals surface area contributed by atoms with Gasteiger partial charge in [0.1, 0.15) is 5.76 Å². The summed E-state index contributed by atoms with van der Waals surface area (Å²) in [6.45, 7) is 0.00304. The highest BCUT2D eigenvalue weighted by Crippen LogP contribution is 2.35. The Morgan fingerprint density at radius 1 is 1.50 bits per heavy atom. The lowest BCUT2D eigenvalue weighted by Crippen LogP contribution is -2.08. The third-order valence-corrected chi connectivity index (χ3v) is 4.19. The SMILES string of the molecule is OCc1c(Br)noc1C1CCSCC1. The Labute approximate surface area is 95.4 Å². The number of aliphatic hydroxyl groups excluding tert-OH is 1. The van der Waals surface area contributed by atoms with Crippen molar-refractivity contribution in [3.05, 3.63) is 15.9 Å². The number of aromatic nitrogens is 1. The second-order valence-corrected chi connectivity index (χ2v) is 5.34. The first kappa shape index (κ1) is 10.5. The third-order valence-electron chi connectivity index (χ3n) is 2.52. The molecule has 0 atom stereocenters. The number of nitrogens with zero attached hydrogens (tertiary/aromatic N) is 1. The minimum atomic E-state index is 0.00304. The average molecular weight is 278 g/mol. The van der Waals surface area contributed by atoms with Crippen molar-refractivity contribution in [2.75, 3.05) is 11.5 Å².